The molecule has 0 amide bonds. The van der Waals surface area contributed by atoms with Gasteiger partial charge in [-0.25, -0.2) is 8.42 Å². The molecule has 0 bridgehead atoms. The van der Waals surface area contributed by atoms with Crippen LogP contribution in [0.15, 0.2) is 67.0 Å². The van der Waals surface area contributed by atoms with Gasteiger partial charge in [-0.05, 0) is 60.7 Å². The molecule has 5 heteroatoms. The molecule has 2 aromatic carbocycles. The number of sulfone groups is 1. The summed E-state index contributed by atoms with van der Waals surface area (Å²) in [7, 11) is -2.66. The predicted molar refractivity (Wildman–Crippen MR) is 125 cm³/mol. The average Bonchev–Trinajstić information content (AvgIpc) is 2.76. The summed E-state index contributed by atoms with van der Waals surface area (Å²) in [5, 5.41) is 8.75. The molecule has 0 N–H and O–H groups in total. The first-order valence-electron chi connectivity index (χ1n) is 9.84. The van der Waals surface area contributed by atoms with Gasteiger partial charge in [0.05, 0.1) is 11.6 Å². The lowest BCUT2D eigenvalue weighted by atomic mass is 9.98. The van der Waals surface area contributed by atoms with Crippen LogP contribution in [0.1, 0.15) is 36.1 Å². The first-order chi connectivity index (χ1) is 14.2. The normalized spacial score (nSPS) is 10.0. The van der Waals surface area contributed by atoms with E-state index in [9.17, 15) is 8.42 Å². The van der Waals surface area contributed by atoms with Crippen LogP contribution in [0.4, 0.5) is 0 Å². The number of hydrogen-bond acceptors (Lipinski definition) is 4. The smallest absolute Gasteiger partial charge is 0.147 e. The number of benzene rings is 2. The van der Waals surface area contributed by atoms with Crippen molar-refractivity contribution in [1.82, 2.24) is 4.98 Å². The third kappa shape index (κ3) is 9.49. The summed E-state index contributed by atoms with van der Waals surface area (Å²) in [6, 6.07) is 20.3. The summed E-state index contributed by atoms with van der Waals surface area (Å²) in [4.78, 5) is 3.96. The third-order valence-electron chi connectivity index (χ3n) is 4.37. The number of pyridine rings is 1. The van der Waals surface area contributed by atoms with Crippen LogP contribution in [-0.2, 0) is 16.3 Å². The second kappa shape index (κ2) is 12.6. The van der Waals surface area contributed by atoms with Crippen LogP contribution in [-0.4, -0.2) is 25.4 Å². The topological polar surface area (TPSA) is 70.8 Å². The standard InChI is InChI=1S/C15H13N.C7H9N.C3H8O2S/c1-11-3-4-12(2)15(9-11)14-7-5-13(10-16)6-8-14;1-2-7-4-3-5-8-6-7;1-3-6(2,4)5/h3-9H,1-2H3;3-6H,2H2,1H3;3H2,1-2H3. The van der Waals surface area contributed by atoms with E-state index < -0.39 is 9.84 Å². The molecule has 30 heavy (non-hydrogen) atoms. The van der Waals surface area contributed by atoms with Crippen molar-refractivity contribution in [2.45, 2.75) is 34.1 Å². The molecule has 0 fully saturated rings. The van der Waals surface area contributed by atoms with Gasteiger partial charge < -0.3 is 0 Å². The largest absolute Gasteiger partial charge is 0.264 e. The zero-order chi connectivity index (χ0) is 22.6. The van der Waals surface area contributed by atoms with E-state index in [2.05, 4.69) is 56.1 Å². The Morgan fingerprint density at radius 3 is 2.07 bits per heavy atom. The minimum atomic E-state index is -2.66. The van der Waals surface area contributed by atoms with Gasteiger partial charge in [0.25, 0.3) is 0 Å². The van der Waals surface area contributed by atoms with Gasteiger partial charge in [0, 0.05) is 24.4 Å². The van der Waals surface area contributed by atoms with Crippen LogP contribution < -0.4 is 0 Å². The van der Waals surface area contributed by atoms with Crippen LogP contribution in [0.3, 0.4) is 0 Å². The highest BCUT2D eigenvalue weighted by Crippen LogP contribution is 2.24. The van der Waals surface area contributed by atoms with Gasteiger partial charge in [-0.2, -0.15) is 5.26 Å². The lowest BCUT2D eigenvalue weighted by molar-refractivity contribution is 0.603. The van der Waals surface area contributed by atoms with Crippen molar-refractivity contribution in [2.75, 3.05) is 12.0 Å². The molecule has 0 aliphatic heterocycles. The van der Waals surface area contributed by atoms with E-state index >= 15 is 0 Å². The quantitative estimate of drug-likeness (QED) is 0.556. The average molecular weight is 423 g/mol. The highest BCUT2D eigenvalue weighted by Gasteiger charge is 2.02. The minimum Gasteiger partial charge on any atom is -0.264 e. The van der Waals surface area contributed by atoms with Crippen LogP contribution >= 0.6 is 0 Å². The summed E-state index contributed by atoms with van der Waals surface area (Å²) in [5.74, 6) is 0.243. The highest BCUT2D eigenvalue weighted by atomic mass is 32.2. The van der Waals surface area contributed by atoms with Gasteiger partial charge in [0.15, 0.2) is 0 Å². The first kappa shape index (κ1) is 25.1. The number of aromatic nitrogens is 1. The van der Waals surface area contributed by atoms with Gasteiger partial charge in [-0.3, -0.25) is 4.98 Å². The second-order valence-electron chi connectivity index (χ2n) is 6.94. The third-order valence-corrected chi connectivity index (χ3v) is 5.42. The van der Waals surface area contributed by atoms with Crippen molar-refractivity contribution in [3.63, 3.8) is 0 Å². The van der Waals surface area contributed by atoms with Gasteiger partial charge >= 0.3 is 0 Å². The molecule has 0 aliphatic carbocycles. The zero-order valence-electron chi connectivity index (χ0n) is 18.4. The molecular weight excluding hydrogens is 392 g/mol. The summed E-state index contributed by atoms with van der Waals surface area (Å²) >= 11 is 0. The Morgan fingerprint density at radius 1 is 1.00 bits per heavy atom. The molecule has 0 saturated carbocycles. The fraction of sp³-hybridized carbons (Fsp3) is 0.280. The Kier molecular flexibility index (Phi) is 10.5. The molecule has 0 aliphatic rings. The first-order valence-corrected chi connectivity index (χ1v) is 11.9. The lowest BCUT2D eigenvalue weighted by Gasteiger charge is -2.07. The Balaban J connectivity index is 0.000000268. The Labute approximate surface area is 181 Å². The van der Waals surface area contributed by atoms with E-state index in [-0.39, 0.29) is 5.75 Å². The summed E-state index contributed by atoms with van der Waals surface area (Å²) in [5.41, 5.74) is 6.92. The van der Waals surface area contributed by atoms with Gasteiger partial charge in [-0.15, -0.1) is 0 Å². The number of nitriles is 1. The molecule has 0 radical (unpaired) electrons. The van der Waals surface area contributed by atoms with E-state index in [1.807, 2.05) is 36.5 Å². The maximum absolute atomic E-state index is 10.0. The van der Waals surface area contributed by atoms with Crippen molar-refractivity contribution in [2.24, 2.45) is 0 Å². The van der Waals surface area contributed by atoms with Crippen LogP contribution in [0.25, 0.3) is 11.1 Å². The fourth-order valence-electron chi connectivity index (χ4n) is 2.38. The van der Waals surface area contributed by atoms with E-state index in [0.717, 1.165) is 6.42 Å². The van der Waals surface area contributed by atoms with Crippen molar-refractivity contribution >= 4 is 9.84 Å². The molecule has 4 nitrogen and oxygen atoms in total. The van der Waals surface area contributed by atoms with E-state index in [1.165, 1.54) is 34.1 Å². The molecule has 158 valence electrons. The number of nitrogens with zero attached hydrogens (tertiary/aromatic N) is 2. The van der Waals surface area contributed by atoms with E-state index in [0.29, 0.717) is 5.56 Å². The van der Waals surface area contributed by atoms with Crippen LogP contribution in [0, 0.1) is 25.2 Å². The van der Waals surface area contributed by atoms with Crippen molar-refractivity contribution in [1.29, 1.82) is 5.26 Å². The molecule has 1 heterocycles. The zero-order valence-corrected chi connectivity index (χ0v) is 19.2. The molecule has 3 rings (SSSR count). The summed E-state index contributed by atoms with van der Waals surface area (Å²) in [6.07, 6.45) is 5.97. The number of aryl methyl sites for hydroxylation is 3. The molecule has 0 atom stereocenters. The minimum absolute atomic E-state index is 0.243. The molecule has 0 spiro atoms. The maximum atomic E-state index is 10.0. The van der Waals surface area contributed by atoms with Gasteiger partial charge in [0.1, 0.15) is 9.84 Å². The highest BCUT2D eigenvalue weighted by molar-refractivity contribution is 7.90. The second-order valence-corrected chi connectivity index (χ2v) is 9.37. The maximum Gasteiger partial charge on any atom is 0.147 e. The summed E-state index contributed by atoms with van der Waals surface area (Å²) < 4.78 is 20.0. The van der Waals surface area contributed by atoms with Crippen molar-refractivity contribution in [3.8, 4) is 17.2 Å². The van der Waals surface area contributed by atoms with Crippen molar-refractivity contribution in [3.05, 3.63) is 89.2 Å². The van der Waals surface area contributed by atoms with E-state index in [4.69, 9.17) is 5.26 Å². The van der Waals surface area contributed by atoms with Crippen LogP contribution in [0.5, 0.6) is 0 Å². The number of hydrogen-bond donors (Lipinski definition) is 0. The van der Waals surface area contributed by atoms with Gasteiger partial charge in [-0.1, -0.05) is 55.8 Å². The SMILES string of the molecule is CCS(C)(=O)=O.CCc1cccnc1.Cc1ccc(C)c(-c2ccc(C#N)cc2)c1. The van der Waals surface area contributed by atoms with Crippen LogP contribution in [0.2, 0.25) is 0 Å². The lowest BCUT2D eigenvalue weighted by Crippen LogP contribution is -1.96. The monoisotopic (exact) mass is 422 g/mol. The predicted octanol–water partition coefficient (Wildman–Crippen LogP) is 5.54. The molecule has 0 saturated heterocycles. The van der Waals surface area contributed by atoms with Gasteiger partial charge in [0.2, 0.25) is 0 Å². The summed E-state index contributed by atoms with van der Waals surface area (Å²) in [6.45, 7) is 7.94. The number of rotatable bonds is 3. The molecular formula is C25H30N2O2S. The Morgan fingerprint density at radius 2 is 1.63 bits per heavy atom. The fourth-order valence-corrected chi connectivity index (χ4v) is 2.38. The molecule has 0 unspecified atom stereocenters. The molecule has 3 aromatic rings. The Bertz CT molecular complexity index is 1050. The molecule has 1 aromatic heterocycles. The van der Waals surface area contributed by atoms with E-state index in [1.54, 1.807) is 13.1 Å². The van der Waals surface area contributed by atoms with Crippen molar-refractivity contribution < 1.29 is 8.42 Å². The Hall–Kier alpha value is -2.97.